The van der Waals surface area contributed by atoms with Crippen molar-refractivity contribution < 1.29 is 4.74 Å². The van der Waals surface area contributed by atoms with E-state index in [4.69, 9.17) is 4.74 Å². The second kappa shape index (κ2) is 4.20. The van der Waals surface area contributed by atoms with Crippen LogP contribution in [0.5, 0.6) is 0 Å². The van der Waals surface area contributed by atoms with Crippen LogP contribution in [0.1, 0.15) is 43.8 Å². The first kappa shape index (κ1) is 11.2. The second-order valence-corrected chi connectivity index (χ2v) is 5.68. The highest BCUT2D eigenvalue weighted by Crippen LogP contribution is 2.58. The van der Waals surface area contributed by atoms with Gasteiger partial charge in [-0.25, -0.2) is 4.98 Å². The molecule has 2 aromatic rings. The van der Waals surface area contributed by atoms with Gasteiger partial charge in [-0.1, -0.05) is 43.5 Å². The molecule has 2 heterocycles. The maximum absolute atomic E-state index is 6.14. The van der Waals surface area contributed by atoms with Crippen LogP contribution in [0.4, 0.5) is 0 Å². The Morgan fingerprint density at radius 1 is 1.16 bits per heavy atom. The van der Waals surface area contributed by atoms with Crippen LogP contribution in [-0.4, -0.2) is 15.6 Å². The number of nitrogens with one attached hydrogen (secondary N) is 1. The highest BCUT2D eigenvalue weighted by molar-refractivity contribution is 5.64. The van der Waals surface area contributed by atoms with Gasteiger partial charge >= 0.3 is 0 Å². The van der Waals surface area contributed by atoms with Crippen molar-refractivity contribution >= 4 is 0 Å². The summed E-state index contributed by atoms with van der Waals surface area (Å²) in [4.78, 5) is 7.33. The third-order valence-electron chi connectivity index (χ3n) is 4.50. The van der Waals surface area contributed by atoms with E-state index in [2.05, 4.69) is 34.2 Å². The Morgan fingerprint density at radius 3 is 2.79 bits per heavy atom. The fourth-order valence-corrected chi connectivity index (χ4v) is 3.45. The highest BCUT2D eigenvalue weighted by Gasteiger charge is 2.57. The number of hydrogen-bond acceptors (Lipinski definition) is 2. The summed E-state index contributed by atoms with van der Waals surface area (Å²) in [7, 11) is 0. The number of rotatable bonds is 2. The predicted molar refractivity (Wildman–Crippen MR) is 73.7 cm³/mol. The molecule has 1 saturated heterocycles. The molecule has 1 aliphatic carbocycles. The Morgan fingerprint density at radius 2 is 2.00 bits per heavy atom. The summed E-state index contributed by atoms with van der Waals surface area (Å²) in [5, 5.41) is 0. The molecule has 19 heavy (non-hydrogen) atoms. The van der Waals surface area contributed by atoms with Gasteiger partial charge in [0.1, 0.15) is 6.10 Å². The number of aromatic nitrogens is 2. The number of aromatic amines is 1. The predicted octanol–water partition coefficient (Wildman–Crippen LogP) is 3.85. The SMILES string of the molecule is c1ccc(C2OC23CCCCC3)c(-c2cnc[nH]2)c1. The zero-order valence-corrected chi connectivity index (χ0v) is 10.9. The summed E-state index contributed by atoms with van der Waals surface area (Å²) in [6, 6.07) is 8.54. The molecule has 1 N–H and O–H groups in total. The van der Waals surface area contributed by atoms with Crippen LogP contribution in [0, 0.1) is 0 Å². The van der Waals surface area contributed by atoms with Gasteiger partial charge in [-0.2, -0.15) is 0 Å². The van der Waals surface area contributed by atoms with Crippen molar-refractivity contribution in [2.75, 3.05) is 0 Å². The minimum absolute atomic E-state index is 0.147. The first-order valence-corrected chi connectivity index (χ1v) is 7.15. The van der Waals surface area contributed by atoms with Crippen LogP contribution < -0.4 is 0 Å². The van der Waals surface area contributed by atoms with E-state index in [1.54, 1.807) is 6.33 Å². The Kier molecular flexibility index (Phi) is 2.49. The minimum atomic E-state index is 0.147. The van der Waals surface area contributed by atoms with E-state index in [1.807, 2.05) is 6.20 Å². The molecule has 0 amide bonds. The molecule has 1 aliphatic heterocycles. The van der Waals surface area contributed by atoms with Gasteiger partial charge in [0.15, 0.2) is 0 Å². The minimum Gasteiger partial charge on any atom is -0.361 e. The van der Waals surface area contributed by atoms with Crippen molar-refractivity contribution in [2.24, 2.45) is 0 Å². The molecule has 1 aromatic heterocycles. The van der Waals surface area contributed by atoms with Gasteiger partial charge in [-0.15, -0.1) is 0 Å². The number of benzene rings is 1. The van der Waals surface area contributed by atoms with Crippen molar-refractivity contribution in [1.29, 1.82) is 0 Å². The zero-order valence-electron chi connectivity index (χ0n) is 10.9. The molecular formula is C16H18N2O. The average Bonchev–Trinajstić information content (AvgIpc) is 2.92. The number of imidazole rings is 1. The summed E-state index contributed by atoms with van der Waals surface area (Å²) in [6.07, 6.45) is 10.3. The molecule has 98 valence electrons. The Labute approximate surface area is 113 Å². The molecule has 1 saturated carbocycles. The largest absolute Gasteiger partial charge is 0.361 e. The maximum atomic E-state index is 6.14. The van der Waals surface area contributed by atoms with E-state index >= 15 is 0 Å². The smallest absolute Gasteiger partial charge is 0.113 e. The summed E-state index contributed by atoms with van der Waals surface area (Å²) in [6.45, 7) is 0. The molecule has 3 heteroatoms. The first-order chi connectivity index (χ1) is 9.39. The van der Waals surface area contributed by atoms with E-state index in [0.717, 1.165) is 5.69 Å². The molecule has 1 aromatic carbocycles. The third kappa shape index (κ3) is 1.80. The molecule has 2 fully saturated rings. The van der Waals surface area contributed by atoms with Crippen molar-refractivity contribution in [3.05, 3.63) is 42.4 Å². The molecular weight excluding hydrogens is 236 g/mol. The van der Waals surface area contributed by atoms with Gasteiger partial charge < -0.3 is 9.72 Å². The van der Waals surface area contributed by atoms with Crippen molar-refractivity contribution in [1.82, 2.24) is 9.97 Å². The number of ether oxygens (including phenoxy) is 1. The number of hydrogen-bond donors (Lipinski definition) is 1. The molecule has 2 aliphatic rings. The number of nitrogens with zero attached hydrogens (tertiary/aromatic N) is 1. The molecule has 1 atom stereocenters. The lowest BCUT2D eigenvalue weighted by molar-refractivity contribution is 0.233. The van der Waals surface area contributed by atoms with Crippen molar-refractivity contribution in [3.63, 3.8) is 0 Å². The average molecular weight is 254 g/mol. The number of epoxide rings is 1. The Hall–Kier alpha value is -1.61. The molecule has 0 radical (unpaired) electrons. The Balaban J connectivity index is 1.69. The van der Waals surface area contributed by atoms with Gasteiger partial charge in [-0.05, 0) is 18.4 Å². The van der Waals surface area contributed by atoms with E-state index < -0.39 is 0 Å². The normalized spacial score (nSPS) is 24.5. The summed E-state index contributed by atoms with van der Waals surface area (Å²) in [5.74, 6) is 0. The van der Waals surface area contributed by atoms with Gasteiger partial charge in [-0.3, -0.25) is 0 Å². The maximum Gasteiger partial charge on any atom is 0.113 e. The lowest BCUT2D eigenvalue weighted by Gasteiger charge is -2.18. The fraction of sp³-hybridized carbons (Fsp3) is 0.438. The van der Waals surface area contributed by atoms with E-state index in [9.17, 15) is 0 Å². The van der Waals surface area contributed by atoms with Crippen molar-refractivity contribution in [2.45, 2.75) is 43.8 Å². The fourth-order valence-electron chi connectivity index (χ4n) is 3.45. The van der Waals surface area contributed by atoms with Gasteiger partial charge in [0.2, 0.25) is 0 Å². The van der Waals surface area contributed by atoms with E-state index in [-0.39, 0.29) is 11.7 Å². The summed E-state index contributed by atoms with van der Waals surface area (Å²) >= 11 is 0. The third-order valence-corrected chi connectivity index (χ3v) is 4.50. The lowest BCUT2D eigenvalue weighted by Crippen LogP contribution is -2.16. The van der Waals surface area contributed by atoms with Crippen LogP contribution in [0.2, 0.25) is 0 Å². The van der Waals surface area contributed by atoms with Crippen LogP contribution in [-0.2, 0) is 4.74 Å². The standard InChI is InChI=1S/C16H18N2O/c1-4-8-16(9-5-1)15(19-16)13-7-3-2-6-12(13)14-10-17-11-18-14/h2-3,6-7,10-11,15H,1,4-5,8-9H2,(H,17,18). The van der Waals surface area contributed by atoms with Crippen LogP contribution in [0.3, 0.4) is 0 Å². The second-order valence-electron chi connectivity index (χ2n) is 5.68. The Bertz CT molecular complexity index is 570. The lowest BCUT2D eigenvalue weighted by atomic mass is 9.83. The highest BCUT2D eigenvalue weighted by atomic mass is 16.6. The first-order valence-electron chi connectivity index (χ1n) is 7.15. The molecule has 0 bridgehead atoms. The van der Waals surface area contributed by atoms with Crippen LogP contribution in [0.25, 0.3) is 11.3 Å². The van der Waals surface area contributed by atoms with Crippen LogP contribution >= 0.6 is 0 Å². The molecule has 3 nitrogen and oxygen atoms in total. The molecule has 4 rings (SSSR count). The monoisotopic (exact) mass is 254 g/mol. The van der Waals surface area contributed by atoms with Gasteiger partial charge in [0.25, 0.3) is 0 Å². The van der Waals surface area contributed by atoms with Crippen molar-refractivity contribution in [3.8, 4) is 11.3 Å². The zero-order chi connectivity index (χ0) is 12.7. The van der Waals surface area contributed by atoms with Gasteiger partial charge in [0.05, 0.1) is 23.8 Å². The summed E-state index contributed by atoms with van der Waals surface area (Å²) < 4.78 is 6.14. The summed E-state index contributed by atoms with van der Waals surface area (Å²) in [5.41, 5.74) is 3.77. The van der Waals surface area contributed by atoms with Gasteiger partial charge in [0, 0.05) is 5.56 Å². The molecule has 1 unspecified atom stereocenters. The topological polar surface area (TPSA) is 41.2 Å². The number of H-pyrrole nitrogens is 1. The quantitative estimate of drug-likeness (QED) is 0.827. The van der Waals surface area contributed by atoms with E-state index in [0.29, 0.717) is 0 Å². The van der Waals surface area contributed by atoms with E-state index in [1.165, 1.54) is 43.2 Å². The van der Waals surface area contributed by atoms with Crippen LogP contribution in [0.15, 0.2) is 36.8 Å². The molecule has 1 spiro atoms.